The fourth-order valence-corrected chi connectivity index (χ4v) is 4.95. The number of terminal acetylenes is 1. The Morgan fingerprint density at radius 3 is 1.45 bits per heavy atom. The molecule has 0 aromatic rings. The number of hydrogen-bond acceptors (Lipinski definition) is 4. The van der Waals surface area contributed by atoms with E-state index in [-0.39, 0.29) is 0 Å². The lowest BCUT2D eigenvalue weighted by Crippen LogP contribution is -1.99. The third-order valence-electron chi connectivity index (χ3n) is 7.01. The second kappa shape index (κ2) is 14.4. The van der Waals surface area contributed by atoms with Gasteiger partial charge in [-0.1, -0.05) is 71.8 Å². The van der Waals surface area contributed by atoms with Crippen molar-refractivity contribution in [2.45, 2.75) is 25.7 Å². The highest BCUT2D eigenvalue weighted by Gasteiger charge is 2.19. The first-order valence-electron chi connectivity index (χ1n) is 13.3. The summed E-state index contributed by atoms with van der Waals surface area (Å²) in [6.07, 6.45) is 19.2. The second-order valence-electron chi connectivity index (χ2n) is 9.57. The Balaban J connectivity index is 1.57. The molecule has 0 atom stereocenters. The molecule has 0 aromatic heterocycles. The monoisotopic (exact) mass is 530 g/mol. The molecule has 40 heavy (non-hydrogen) atoms. The molecule has 0 bridgehead atoms. The molecule has 0 unspecified atom stereocenters. The number of rotatable bonds is 8. The van der Waals surface area contributed by atoms with Crippen LogP contribution in [0.5, 0.6) is 0 Å². The lowest BCUT2D eigenvalue weighted by Gasteiger charge is -2.05. The van der Waals surface area contributed by atoms with Gasteiger partial charge in [0.25, 0.3) is 0 Å². The van der Waals surface area contributed by atoms with Crippen LogP contribution in [0.2, 0.25) is 0 Å². The molecule has 0 N–H and O–H groups in total. The van der Waals surface area contributed by atoms with Gasteiger partial charge in [0.15, 0.2) is 0 Å². The average molecular weight is 531 g/mol. The van der Waals surface area contributed by atoms with E-state index in [4.69, 9.17) is 25.4 Å². The van der Waals surface area contributed by atoms with E-state index in [1.54, 1.807) is 28.4 Å². The van der Waals surface area contributed by atoms with E-state index in [2.05, 4.69) is 65.7 Å². The van der Waals surface area contributed by atoms with E-state index >= 15 is 0 Å². The molecule has 0 saturated carbocycles. The van der Waals surface area contributed by atoms with Gasteiger partial charge in [-0.3, -0.25) is 0 Å². The van der Waals surface area contributed by atoms with Gasteiger partial charge in [-0.25, -0.2) is 0 Å². The van der Waals surface area contributed by atoms with Gasteiger partial charge in [0.05, 0.1) is 26.4 Å². The highest BCUT2D eigenvalue weighted by Crippen LogP contribution is 2.30. The maximum Gasteiger partial charge on any atom is 0.0734 e. The summed E-state index contributed by atoms with van der Waals surface area (Å²) in [6, 6.07) is 0. The minimum absolute atomic E-state index is 0.453. The van der Waals surface area contributed by atoms with Crippen molar-refractivity contribution >= 4 is 0 Å². The van der Waals surface area contributed by atoms with Gasteiger partial charge in [0, 0.05) is 103 Å². The lowest BCUT2D eigenvalue weighted by atomic mass is 10.0. The van der Waals surface area contributed by atoms with Gasteiger partial charge in [0.2, 0.25) is 0 Å². The molecule has 0 amide bonds. The van der Waals surface area contributed by atoms with Crippen molar-refractivity contribution in [2.24, 2.45) is 0 Å². The zero-order chi connectivity index (χ0) is 28.3. The zero-order valence-corrected chi connectivity index (χ0v) is 23.8. The van der Waals surface area contributed by atoms with E-state index in [9.17, 15) is 0 Å². The smallest absolute Gasteiger partial charge is 0.0734 e. The Hall–Kier alpha value is -4.00. The molecular weight excluding hydrogens is 496 g/mol. The maximum absolute atomic E-state index is 5.66. The summed E-state index contributed by atoms with van der Waals surface area (Å²) in [5, 5.41) is 0. The predicted molar refractivity (Wildman–Crippen MR) is 160 cm³/mol. The van der Waals surface area contributed by atoms with E-state index in [1.165, 1.54) is 0 Å². The first-order chi connectivity index (χ1) is 19.6. The first-order valence-corrected chi connectivity index (χ1v) is 13.3. The van der Waals surface area contributed by atoms with Crippen molar-refractivity contribution in [1.82, 2.24) is 0 Å². The Morgan fingerprint density at radius 2 is 0.975 bits per heavy atom. The summed E-state index contributed by atoms with van der Waals surface area (Å²) in [6.45, 7) is 1.95. The first kappa shape index (κ1) is 29.0. The lowest BCUT2D eigenvalue weighted by molar-refractivity contribution is 0.227. The minimum atomic E-state index is 0.453. The highest BCUT2D eigenvalue weighted by molar-refractivity contribution is 5.65. The molecule has 0 spiro atoms. The Labute approximate surface area is 238 Å². The van der Waals surface area contributed by atoms with Gasteiger partial charge in [-0.15, -0.1) is 6.42 Å². The van der Waals surface area contributed by atoms with E-state index < -0.39 is 0 Å². The molecule has 0 aromatic carbocycles. The third kappa shape index (κ3) is 6.76. The standard InChI is InChI=1S/C36H34O4/c1-6-26-10-12-28(34(26)23-38-3)14-15-30-18-20-32(36(30)25-40-5)21-19-31-17-16-29(35(31)24-39-4)13-11-27-8-7-9-33(27)22-37-2/h1,7,9-10,16,20H,8,12,17-18,22-25H2,2-5H3. The Kier molecular flexibility index (Phi) is 10.4. The van der Waals surface area contributed by atoms with Crippen LogP contribution < -0.4 is 0 Å². The molecule has 0 aliphatic heterocycles. The molecule has 4 aliphatic rings. The van der Waals surface area contributed by atoms with Crippen LogP contribution in [-0.2, 0) is 18.9 Å². The molecule has 0 heterocycles. The molecule has 4 nitrogen and oxygen atoms in total. The van der Waals surface area contributed by atoms with Crippen LogP contribution in [0.1, 0.15) is 25.7 Å². The maximum atomic E-state index is 5.66. The van der Waals surface area contributed by atoms with Crippen molar-refractivity contribution < 1.29 is 18.9 Å². The summed E-state index contributed by atoms with van der Waals surface area (Å²) in [5.74, 6) is 23.0. The van der Waals surface area contributed by atoms with Gasteiger partial charge in [-0.2, -0.15) is 0 Å². The second-order valence-corrected chi connectivity index (χ2v) is 9.57. The largest absolute Gasteiger partial charge is 0.380 e. The topological polar surface area (TPSA) is 36.9 Å². The van der Waals surface area contributed by atoms with E-state index in [1.807, 2.05) is 6.08 Å². The minimum Gasteiger partial charge on any atom is -0.380 e. The number of allylic oxidation sites excluding steroid dienone is 8. The van der Waals surface area contributed by atoms with E-state index in [0.29, 0.717) is 26.4 Å². The van der Waals surface area contributed by atoms with Gasteiger partial charge < -0.3 is 18.9 Å². The van der Waals surface area contributed by atoms with Crippen LogP contribution in [0.15, 0.2) is 91.7 Å². The zero-order valence-electron chi connectivity index (χ0n) is 23.8. The van der Waals surface area contributed by atoms with Crippen molar-refractivity contribution in [1.29, 1.82) is 0 Å². The van der Waals surface area contributed by atoms with Crippen LogP contribution in [0.3, 0.4) is 0 Å². The summed E-state index contributed by atoms with van der Waals surface area (Å²) < 4.78 is 21.7. The van der Waals surface area contributed by atoms with Crippen molar-refractivity contribution in [2.75, 3.05) is 54.9 Å². The molecule has 0 radical (unpaired) electrons. The van der Waals surface area contributed by atoms with Gasteiger partial charge >= 0.3 is 0 Å². The Bertz CT molecular complexity index is 1540. The van der Waals surface area contributed by atoms with Crippen molar-refractivity contribution in [3.63, 3.8) is 0 Å². The van der Waals surface area contributed by atoms with Crippen LogP contribution in [0.4, 0.5) is 0 Å². The van der Waals surface area contributed by atoms with E-state index in [0.717, 1.165) is 87.0 Å². The third-order valence-corrected chi connectivity index (χ3v) is 7.01. The van der Waals surface area contributed by atoms with Gasteiger partial charge in [0.1, 0.15) is 0 Å². The number of hydrogen-bond donors (Lipinski definition) is 0. The van der Waals surface area contributed by atoms with Crippen LogP contribution >= 0.6 is 0 Å². The fraction of sp³-hybridized carbons (Fsp3) is 0.333. The normalized spacial score (nSPS) is 17.7. The molecule has 4 rings (SSSR count). The molecule has 4 aliphatic carbocycles. The summed E-state index contributed by atoms with van der Waals surface area (Å²) in [4.78, 5) is 0. The van der Waals surface area contributed by atoms with Crippen molar-refractivity contribution in [3.8, 4) is 47.9 Å². The van der Waals surface area contributed by atoms with Crippen LogP contribution in [0.25, 0.3) is 0 Å². The predicted octanol–water partition coefficient (Wildman–Crippen LogP) is 5.35. The van der Waals surface area contributed by atoms with Gasteiger partial charge in [-0.05, 0) is 12.0 Å². The summed E-state index contributed by atoms with van der Waals surface area (Å²) >= 11 is 0. The molecule has 202 valence electrons. The fourth-order valence-electron chi connectivity index (χ4n) is 4.95. The summed E-state index contributed by atoms with van der Waals surface area (Å²) in [7, 11) is 6.77. The van der Waals surface area contributed by atoms with Crippen molar-refractivity contribution in [3.05, 3.63) is 91.7 Å². The Morgan fingerprint density at radius 1 is 0.550 bits per heavy atom. The van der Waals surface area contributed by atoms with Crippen LogP contribution in [-0.4, -0.2) is 54.9 Å². The number of ether oxygens (including phenoxy) is 4. The SMILES string of the molecule is C#CC1=CCC(C#CC2=C(COC)C(C#CC3=C(COC)C(C#CC4=C(COC)C=CC4)=CC3)=CC2)=C1COC. The highest BCUT2D eigenvalue weighted by atomic mass is 16.5. The molecule has 0 saturated heterocycles. The molecular formula is C36H34O4. The molecule has 4 heteroatoms. The number of methoxy groups -OCH3 is 4. The quantitative estimate of drug-likeness (QED) is 0.397. The molecule has 0 fully saturated rings. The van der Waals surface area contributed by atoms with Crippen LogP contribution in [0, 0.1) is 47.9 Å². The summed E-state index contributed by atoms with van der Waals surface area (Å²) in [5.41, 5.74) is 11.2. The average Bonchev–Trinajstić information content (AvgIpc) is 3.74.